The Balaban J connectivity index is 2.40. The van der Waals surface area contributed by atoms with Gasteiger partial charge >= 0.3 is 0 Å². The van der Waals surface area contributed by atoms with E-state index >= 15 is 0 Å². The lowest BCUT2D eigenvalue weighted by molar-refractivity contribution is 0.178. The average Bonchev–Trinajstić information content (AvgIpc) is 2.29. The predicted octanol–water partition coefficient (Wildman–Crippen LogP) is 3.60. The smallest absolute Gasteiger partial charge is 0.156 e. The summed E-state index contributed by atoms with van der Waals surface area (Å²) in [6.45, 7) is 0.334. The first-order chi connectivity index (χ1) is 8.19. The van der Waals surface area contributed by atoms with Crippen LogP contribution in [0.5, 0.6) is 0 Å². The number of methoxy groups -OCH3 is 1. The molecule has 5 heteroatoms. The van der Waals surface area contributed by atoms with E-state index in [0.717, 1.165) is 11.3 Å². The lowest BCUT2D eigenvalue weighted by Crippen LogP contribution is -1.98. The Bertz CT molecular complexity index is 514. The van der Waals surface area contributed by atoms with Gasteiger partial charge in [-0.15, -0.1) is 0 Å². The minimum Gasteiger partial charge on any atom is -0.377 e. The molecule has 0 aliphatic carbocycles. The molecule has 1 aromatic carbocycles. The molecule has 0 amide bonds. The minimum absolute atomic E-state index is 0.334. The third-order valence-electron chi connectivity index (χ3n) is 2.15. The van der Waals surface area contributed by atoms with Crippen molar-refractivity contribution < 1.29 is 4.74 Å². The Kier molecular flexibility index (Phi) is 3.94. The number of rotatable bonds is 3. The third kappa shape index (κ3) is 3.16. The van der Waals surface area contributed by atoms with E-state index in [-0.39, 0.29) is 0 Å². The minimum atomic E-state index is 0.334. The molecule has 1 aromatic heterocycles. The summed E-state index contributed by atoms with van der Waals surface area (Å²) in [4.78, 5) is 8.43. The summed E-state index contributed by atoms with van der Waals surface area (Å²) in [6.07, 6.45) is 0. The molecule has 1 heterocycles. The molecule has 0 fully saturated rings. The van der Waals surface area contributed by atoms with Gasteiger partial charge in [0, 0.05) is 23.8 Å². The Labute approximate surface area is 109 Å². The highest BCUT2D eigenvalue weighted by atomic mass is 35.5. The molecule has 0 bridgehead atoms. The molecule has 3 nitrogen and oxygen atoms in total. The van der Waals surface area contributed by atoms with E-state index < -0.39 is 0 Å². The molecule has 0 N–H and O–H groups in total. The number of hydrogen-bond donors (Lipinski definition) is 0. The van der Waals surface area contributed by atoms with Gasteiger partial charge in [0.25, 0.3) is 0 Å². The lowest BCUT2D eigenvalue weighted by atomic mass is 10.1. The number of hydrogen-bond acceptors (Lipinski definition) is 3. The van der Waals surface area contributed by atoms with Gasteiger partial charge in [0.1, 0.15) is 11.8 Å². The second kappa shape index (κ2) is 5.45. The highest BCUT2D eigenvalue weighted by Crippen LogP contribution is 2.22. The molecular weight excluding hydrogens is 259 g/mol. The van der Waals surface area contributed by atoms with Gasteiger partial charge in [-0.1, -0.05) is 35.3 Å². The summed E-state index contributed by atoms with van der Waals surface area (Å²) in [5.41, 5.74) is 1.70. The fraction of sp³-hybridized carbons (Fsp3) is 0.167. The van der Waals surface area contributed by atoms with Gasteiger partial charge in [0.2, 0.25) is 0 Å². The Morgan fingerprint density at radius 1 is 1.12 bits per heavy atom. The van der Waals surface area contributed by atoms with Crippen molar-refractivity contribution in [1.29, 1.82) is 0 Å². The standard InChI is InChI=1S/C12H10Cl2N2O/c1-17-7-12-15-10(6-11(14)16-12)8-2-4-9(13)5-3-8/h2-6H,7H2,1H3. The summed E-state index contributed by atoms with van der Waals surface area (Å²) in [5.74, 6) is 0.560. The van der Waals surface area contributed by atoms with Crippen LogP contribution in [0.4, 0.5) is 0 Å². The van der Waals surface area contributed by atoms with E-state index in [4.69, 9.17) is 27.9 Å². The summed E-state index contributed by atoms with van der Waals surface area (Å²) < 4.78 is 4.99. The van der Waals surface area contributed by atoms with Crippen molar-refractivity contribution in [2.24, 2.45) is 0 Å². The molecule has 0 saturated carbocycles. The number of ether oxygens (including phenoxy) is 1. The third-order valence-corrected chi connectivity index (χ3v) is 2.60. The fourth-order valence-electron chi connectivity index (χ4n) is 1.43. The molecule has 2 aromatic rings. The molecule has 17 heavy (non-hydrogen) atoms. The van der Waals surface area contributed by atoms with E-state index in [2.05, 4.69) is 9.97 Å². The molecule has 2 rings (SSSR count). The zero-order chi connectivity index (χ0) is 12.3. The zero-order valence-electron chi connectivity index (χ0n) is 9.15. The SMILES string of the molecule is COCc1nc(Cl)cc(-c2ccc(Cl)cc2)n1. The summed E-state index contributed by atoms with van der Waals surface area (Å²) in [7, 11) is 1.59. The van der Waals surface area contributed by atoms with Crippen molar-refractivity contribution in [3.63, 3.8) is 0 Å². The molecule has 0 saturated heterocycles. The van der Waals surface area contributed by atoms with Crippen LogP contribution in [0.1, 0.15) is 5.82 Å². The molecule has 0 spiro atoms. The van der Waals surface area contributed by atoms with Crippen molar-refractivity contribution in [2.75, 3.05) is 7.11 Å². The summed E-state index contributed by atoms with van der Waals surface area (Å²) in [5, 5.41) is 1.09. The van der Waals surface area contributed by atoms with Crippen LogP contribution in [-0.4, -0.2) is 17.1 Å². The predicted molar refractivity (Wildman–Crippen MR) is 68.2 cm³/mol. The normalized spacial score (nSPS) is 10.5. The molecule has 88 valence electrons. The largest absolute Gasteiger partial charge is 0.377 e. The average molecular weight is 269 g/mol. The van der Waals surface area contributed by atoms with E-state index in [0.29, 0.717) is 22.6 Å². The van der Waals surface area contributed by atoms with Crippen molar-refractivity contribution in [3.05, 3.63) is 46.3 Å². The van der Waals surface area contributed by atoms with Crippen LogP contribution in [0.2, 0.25) is 10.2 Å². The van der Waals surface area contributed by atoms with E-state index in [1.807, 2.05) is 24.3 Å². The van der Waals surface area contributed by atoms with Crippen LogP contribution < -0.4 is 0 Å². The van der Waals surface area contributed by atoms with Crippen LogP contribution in [0.25, 0.3) is 11.3 Å². The first-order valence-electron chi connectivity index (χ1n) is 4.97. The van der Waals surface area contributed by atoms with Gasteiger partial charge in [-0.25, -0.2) is 9.97 Å². The topological polar surface area (TPSA) is 35.0 Å². The first kappa shape index (κ1) is 12.3. The number of benzene rings is 1. The van der Waals surface area contributed by atoms with E-state index in [1.54, 1.807) is 13.2 Å². The highest BCUT2D eigenvalue weighted by molar-refractivity contribution is 6.30. The maximum absolute atomic E-state index is 5.93. The van der Waals surface area contributed by atoms with Gasteiger partial charge in [0.05, 0.1) is 5.69 Å². The molecule has 0 radical (unpaired) electrons. The Morgan fingerprint density at radius 2 is 1.82 bits per heavy atom. The summed E-state index contributed by atoms with van der Waals surface area (Å²) >= 11 is 11.8. The van der Waals surface area contributed by atoms with Crippen LogP contribution in [0.15, 0.2) is 30.3 Å². The van der Waals surface area contributed by atoms with Crippen LogP contribution >= 0.6 is 23.2 Å². The van der Waals surface area contributed by atoms with Crippen molar-refractivity contribution in [3.8, 4) is 11.3 Å². The maximum Gasteiger partial charge on any atom is 0.156 e. The number of aromatic nitrogens is 2. The zero-order valence-corrected chi connectivity index (χ0v) is 10.7. The van der Waals surface area contributed by atoms with Gasteiger partial charge in [0.15, 0.2) is 5.82 Å². The van der Waals surface area contributed by atoms with Gasteiger partial charge < -0.3 is 4.74 Å². The van der Waals surface area contributed by atoms with Gasteiger partial charge in [-0.05, 0) is 12.1 Å². The monoisotopic (exact) mass is 268 g/mol. The molecule has 0 aliphatic heterocycles. The summed E-state index contributed by atoms with van der Waals surface area (Å²) in [6, 6.07) is 9.10. The van der Waals surface area contributed by atoms with Gasteiger partial charge in [-0.3, -0.25) is 0 Å². The lowest BCUT2D eigenvalue weighted by Gasteiger charge is -2.04. The van der Waals surface area contributed by atoms with Crippen LogP contribution in [0.3, 0.4) is 0 Å². The van der Waals surface area contributed by atoms with Crippen LogP contribution in [0, 0.1) is 0 Å². The Morgan fingerprint density at radius 3 is 2.47 bits per heavy atom. The van der Waals surface area contributed by atoms with Gasteiger partial charge in [-0.2, -0.15) is 0 Å². The van der Waals surface area contributed by atoms with E-state index in [1.165, 1.54) is 0 Å². The maximum atomic E-state index is 5.93. The second-order valence-corrected chi connectivity index (χ2v) is 4.26. The van der Waals surface area contributed by atoms with Crippen molar-refractivity contribution in [2.45, 2.75) is 6.61 Å². The van der Waals surface area contributed by atoms with Crippen LogP contribution in [-0.2, 0) is 11.3 Å². The number of nitrogens with zero attached hydrogens (tertiary/aromatic N) is 2. The molecule has 0 aliphatic rings. The molecular formula is C12H10Cl2N2O. The molecule has 0 atom stereocenters. The first-order valence-corrected chi connectivity index (χ1v) is 5.73. The quantitative estimate of drug-likeness (QED) is 0.798. The molecule has 0 unspecified atom stereocenters. The van der Waals surface area contributed by atoms with E-state index in [9.17, 15) is 0 Å². The second-order valence-electron chi connectivity index (χ2n) is 3.43. The number of halogens is 2. The fourth-order valence-corrected chi connectivity index (χ4v) is 1.75. The van der Waals surface area contributed by atoms with Crippen molar-refractivity contribution >= 4 is 23.2 Å². The Hall–Kier alpha value is -1.16. The van der Waals surface area contributed by atoms with Crippen molar-refractivity contribution in [1.82, 2.24) is 9.97 Å². The highest BCUT2D eigenvalue weighted by Gasteiger charge is 2.05.